The van der Waals surface area contributed by atoms with Crippen LogP contribution in [-0.2, 0) is 0 Å². The van der Waals surface area contributed by atoms with Crippen LogP contribution in [0.2, 0.25) is 0 Å². The summed E-state index contributed by atoms with van der Waals surface area (Å²) in [5.41, 5.74) is 0. The lowest BCUT2D eigenvalue weighted by molar-refractivity contribution is 0.609. The highest BCUT2D eigenvalue weighted by Crippen LogP contribution is 2.33. The van der Waals surface area contributed by atoms with Crippen molar-refractivity contribution < 1.29 is 4.39 Å². The molecule has 1 aliphatic carbocycles. The topological polar surface area (TPSA) is 52.6 Å². The van der Waals surface area contributed by atoms with Gasteiger partial charge < -0.3 is 15.5 Å². The summed E-state index contributed by atoms with van der Waals surface area (Å²) >= 11 is 0. The number of nitrogens with one attached hydrogen (secondary N) is 2. The number of halogens is 2. The van der Waals surface area contributed by atoms with Crippen LogP contribution >= 0.6 is 24.0 Å². The van der Waals surface area contributed by atoms with E-state index >= 15 is 0 Å². The van der Waals surface area contributed by atoms with Crippen molar-refractivity contribution in [1.82, 2.24) is 15.6 Å². The average Bonchev–Trinajstić information content (AvgIpc) is 3.28. The molecule has 1 saturated heterocycles. The van der Waals surface area contributed by atoms with Gasteiger partial charge in [-0.2, -0.15) is 0 Å². The molecule has 3 rings (SSSR count). The highest BCUT2D eigenvalue weighted by atomic mass is 127. The molecular formula is C17H27FIN5. The first-order chi connectivity index (χ1) is 11.3. The Morgan fingerprint density at radius 1 is 1.42 bits per heavy atom. The molecule has 24 heavy (non-hydrogen) atoms. The van der Waals surface area contributed by atoms with E-state index in [-0.39, 0.29) is 35.8 Å². The summed E-state index contributed by atoms with van der Waals surface area (Å²) in [6.45, 7) is 2.52. The maximum Gasteiger partial charge on any atom is 0.191 e. The fraction of sp³-hybridized carbons (Fsp3) is 0.647. The van der Waals surface area contributed by atoms with E-state index in [1.165, 1.54) is 31.7 Å². The van der Waals surface area contributed by atoms with Gasteiger partial charge in [-0.1, -0.05) is 12.8 Å². The Bertz CT molecular complexity index is 550. The zero-order chi connectivity index (χ0) is 16.1. The number of hydrogen-bond acceptors (Lipinski definition) is 3. The summed E-state index contributed by atoms with van der Waals surface area (Å²) < 4.78 is 13.8. The zero-order valence-electron chi connectivity index (χ0n) is 14.2. The molecule has 1 aromatic heterocycles. The van der Waals surface area contributed by atoms with E-state index in [2.05, 4.69) is 20.6 Å². The number of guanidine groups is 1. The molecule has 0 aromatic carbocycles. The van der Waals surface area contributed by atoms with E-state index in [4.69, 9.17) is 0 Å². The van der Waals surface area contributed by atoms with Gasteiger partial charge in [0.1, 0.15) is 0 Å². The van der Waals surface area contributed by atoms with E-state index in [0.29, 0.717) is 5.82 Å². The number of rotatable bonds is 6. The molecule has 1 aromatic rings. The first-order valence-corrected chi connectivity index (χ1v) is 8.59. The second-order valence-corrected chi connectivity index (χ2v) is 6.47. The smallest absolute Gasteiger partial charge is 0.191 e. The summed E-state index contributed by atoms with van der Waals surface area (Å²) in [6.07, 6.45) is 7.93. The summed E-state index contributed by atoms with van der Waals surface area (Å²) in [4.78, 5) is 10.4. The van der Waals surface area contributed by atoms with Crippen molar-refractivity contribution in [3.8, 4) is 0 Å². The number of aliphatic imine (C=N–C) groups is 1. The van der Waals surface area contributed by atoms with Crippen LogP contribution in [-0.4, -0.2) is 43.7 Å². The summed E-state index contributed by atoms with van der Waals surface area (Å²) in [5, 5.41) is 6.81. The minimum atomic E-state index is -0.254. The lowest BCUT2D eigenvalue weighted by Crippen LogP contribution is -2.45. The van der Waals surface area contributed by atoms with Crippen LogP contribution < -0.4 is 15.5 Å². The molecule has 0 bridgehead atoms. The van der Waals surface area contributed by atoms with E-state index < -0.39 is 0 Å². The molecule has 1 aliphatic heterocycles. The van der Waals surface area contributed by atoms with Gasteiger partial charge in [-0.05, 0) is 37.3 Å². The zero-order valence-corrected chi connectivity index (χ0v) is 16.5. The van der Waals surface area contributed by atoms with E-state index in [1.807, 2.05) is 4.90 Å². The minimum absolute atomic E-state index is 0. The Hall–Kier alpha value is -1.12. The van der Waals surface area contributed by atoms with Crippen molar-refractivity contribution >= 4 is 35.8 Å². The SMILES string of the molecule is CN=C(NCCCC1CC1)NC1CCN(c2ncccc2F)C1.I. The largest absolute Gasteiger partial charge is 0.356 e. The van der Waals surface area contributed by atoms with Crippen LogP contribution in [0.5, 0.6) is 0 Å². The van der Waals surface area contributed by atoms with Crippen LogP contribution in [0.4, 0.5) is 10.2 Å². The molecule has 2 fully saturated rings. The first-order valence-electron chi connectivity index (χ1n) is 8.59. The van der Waals surface area contributed by atoms with Crippen molar-refractivity contribution in [2.75, 3.05) is 31.6 Å². The van der Waals surface area contributed by atoms with Crippen molar-refractivity contribution in [3.05, 3.63) is 24.1 Å². The molecule has 7 heteroatoms. The molecule has 2 heterocycles. The Balaban J connectivity index is 0.00000208. The van der Waals surface area contributed by atoms with Crippen LogP contribution in [0.3, 0.4) is 0 Å². The van der Waals surface area contributed by atoms with Gasteiger partial charge >= 0.3 is 0 Å². The molecular weight excluding hydrogens is 420 g/mol. The highest BCUT2D eigenvalue weighted by Gasteiger charge is 2.26. The van der Waals surface area contributed by atoms with Crippen molar-refractivity contribution in [1.29, 1.82) is 0 Å². The summed E-state index contributed by atoms with van der Waals surface area (Å²) in [7, 11) is 1.79. The Morgan fingerprint density at radius 3 is 2.96 bits per heavy atom. The van der Waals surface area contributed by atoms with Gasteiger partial charge in [0.05, 0.1) is 0 Å². The van der Waals surface area contributed by atoms with Crippen molar-refractivity contribution in [3.63, 3.8) is 0 Å². The summed E-state index contributed by atoms with van der Waals surface area (Å²) in [6, 6.07) is 3.35. The maximum atomic E-state index is 13.8. The highest BCUT2D eigenvalue weighted by molar-refractivity contribution is 14.0. The third kappa shape index (κ3) is 5.46. The van der Waals surface area contributed by atoms with Gasteiger partial charge in [0, 0.05) is 38.9 Å². The van der Waals surface area contributed by atoms with Gasteiger partial charge in [-0.25, -0.2) is 9.37 Å². The molecule has 134 valence electrons. The molecule has 2 aliphatic rings. The summed E-state index contributed by atoms with van der Waals surface area (Å²) in [5.74, 6) is 2.01. The number of nitrogens with zero attached hydrogens (tertiary/aromatic N) is 3. The number of hydrogen-bond donors (Lipinski definition) is 2. The molecule has 1 atom stereocenters. The standard InChI is InChI=1S/C17H26FN5.HI/c1-19-17(21-10-2-4-13-6-7-13)22-14-8-11-23(12-14)16-15(18)5-3-9-20-16;/h3,5,9,13-14H,2,4,6-8,10-12H2,1H3,(H2,19,21,22);1H. The predicted molar refractivity (Wildman–Crippen MR) is 107 cm³/mol. The fourth-order valence-electron chi connectivity index (χ4n) is 3.07. The average molecular weight is 447 g/mol. The molecule has 0 spiro atoms. The first kappa shape index (κ1) is 19.2. The molecule has 1 unspecified atom stereocenters. The lowest BCUT2D eigenvalue weighted by atomic mass is 10.2. The van der Waals surface area contributed by atoms with E-state index in [1.54, 1.807) is 19.3 Å². The minimum Gasteiger partial charge on any atom is -0.356 e. The van der Waals surface area contributed by atoms with Gasteiger partial charge in [-0.15, -0.1) is 24.0 Å². The van der Waals surface area contributed by atoms with Crippen LogP contribution in [0.1, 0.15) is 32.1 Å². The monoisotopic (exact) mass is 447 g/mol. The molecule has 2 N–H and O–H groups in total. The van der Waals surface area contributed by atoms with Crippen molar-refractivity contribution in [2.45, 2.75) is 38.1 Å². The number of anilines is 1. The molecule has 1 saturated carbocycles. The van der Waals surface area contributed by atoms with Gasteiger partial charge in [-0.3, -0.25) is 4.99 Å². The Kier molecular flexibility index (Phi) is 7.51. The van der Waals surface area contributed by atoms with E-state index in [0.717, 1.165) is 37.9 Å². The quantitative estimate of drug-likeness (QED) is 0.305. The van der Waals surface area contributed by atoms with Crippen LogP contribution in [0, 0.1) is 11.7 Å². The molecule has 0 radical (unpaired) electrons. The third-order valence-electron chi connectivity index (χ3n) is 4.57. The molecule has 0 amide bonds. The normalized spacial score (nSPS) is 20.7. The number of pyridine rings is 1. The fourth-order valence-corrected chi connectivity index (χ4v) is 3.07. The van der Waals surface area contributed by atoms with Gasteiger partial charge in [0.2, 0.25) is 0 Å². The van der Waals surface area contributed by atoms with Crippen LogP contribution in [0.25, 0.3) is 0 Å². The Morgan fingerprint density at radius 2 is 2.25 bits per heavy atom. The second-order valence-electron chi connectivity index (χ2n) is 6.47. The third-order valence-corrected chi connectivity index (χ3v) is 4.57. The van der Waals surface area contributed by atoms with E-state index in [9.17, 15) is 4.39 Å². The maximum absolute atomic E-state index is 13.8. The van der Waals surface area contributed by atoms with Gasteiger partial charge in [0.25, 0.3) is 0 Å². The lowest BCUT2D eigenvalue weighted by Gasteiger charge is -2.20. The second kappa shape index (κ2) is 9.39. The van der Waals surface area contributed by atoms with Crippen molar-refractivity contribution in [2.24, 2.45) is 10.9 Å². The van der Waals surface area contributed by atoms with Crippen LogP contribution in [0.15, 0.2) is 23.3 Å². The van der Waals surface area contributed by atoms with Gasteiger partial charge in [0.15, 0.2) is 17.6 Å². The molecule has 5 nitrogen and oxygen atoms in total. The predicted octanol–water partition coefficient (Wildman–Crippen LogP) is 2.77. The Labute approximate surface area is 160 Å². The number of aromatic nitrogens is 1.